The molecule has 2 aromatic heterocycles. The molecular weight excluding hydrogens is 266 g/mol. The highest BCUT2D eigenvalue weighted by Gasteiger charge is 2.12. The van der Waals surface area contributed by atoms with E-state index in [-0.39, 0.29) is 5.97 Å². The SMILES string of the molecule is CCOC(=O)c1cc(N)c(/C=C\c2cccs2)s1. The molecule has 94 valence electrons. The summed E-state index contributed by atoms with van der Waals surface area (Å²) in [7, 11) is 0. The van der Waals surface area contributed by atoms with E-state index in [9.17, 15) is 4.79 Å². The van der Waals surface area contributed by atoms with Gasteiger partial charge < -0.3 is 10.5 Å². The van der Waals surface area contributed by atoms with Gasteiger partial charge >= 0.3 is 5.97 Å². The number of hydrogen-bond acceptors (Lipinski definition) is 5. The Bertz CT molecular complexity index is 556. The zero-order chi connectivity index (χ0) is 13.0. The molecule has 0 atom stereocenters. The molecule has 0 aliphatic heterocycles. The third kappa shape index (κ3) is 3.00. The summed E-state index contributed by atoms with van der Waals surface area (Å²) in [4.78, 5) is 14.1. The van der Waals surface area contributed by atoms with Crippen molar-refractivity contribution in [1.82, 2.24) is 0 Å². The van der Waals surface area contributed by atoms with Crippen LogP contribution in [0.15, 0.2) is 23.6 Å². The summed E-state index contributed by atoms with van der Waals surface area (Å²) in [5.74, 6) is -0.315. The topological polar surface area (TPSA) is 52.3 Å². The molecule has 0 saturated carbocycles. The fraction of sp³-hybridized carbons (Fsp3) is 0.154. The summed E-state index contributed by atoms with van der Waals surface area (Å²) in [6.45, 7) is 2.16. The van der Waals surface area contributed by atoms with Crippen LogP contribution < -0.4 is 5.73 Å². The molecule has 0 aliphatic carbocycles. The quantitative estimate of drug-likeness (QED) is 0.867. The Morgan fingerprint density at radius 2 is 2.33 bits per heavy atom. The number of esters is 1. The smallest absolute Gasteiger partial charge is 0.348 e. The van der Waals surface area contributed by atoms with E-state index in [0.29, 0.717) is 17.2 Å². The van der Waals surface area contributed by atoms with Crippen LogP contribution in [0.25, 0.3) is 12.2 Å². The van der Waals surface area contributed by atoms with Crippen LogP contribution in [-0.2, 0) is 4.74 Å². The number of thiophene rings is 2. The number of nitrogen functional groups attached to an aromatic ring is 1. The molecule has 0 bridgehead atoms. The van der Waals surface area contributed by atoms with Gasteiger partial charge in [-0.15, -0.1) is 22.7 Å². The van der Waals surface area contributed by atoms with Crippen LogP contribution in [0.1, 0.15) is 26.3 Å². The number of hydrogen-bond donors (Lipinski definition) is 1. The summed E-state index contributed by atoms with van der Waals surface area (Å²) in [6.07, 6.45) is 3.91. The summed E-state index contributed by atoms with van der Waals surface area (Å²) in [6, 6.07) is 5.68. The molecule has 2 aromatic rings. The van der Waals surface area contributed by atoms with Gasteiger partial charge in [0.05, 0.1) is 17.2 Å². The van der Waals surface area contributed by atoms with Crippen LogP contribution in [0.3, 0.4) is 0 Å². The number of nitrogens with two attached hydrogens (primary N) is 1. The van der Waals surface area contributed by atoms with Crippen molar-refractivity contribution in [3.63, 3.8) is 0 Å². The predicted octanol–water partition coefficient (Wildman–Crippen LogP) is 3.74. The van der Waals surface area contributed by atoms with E-state index in [1.54, 1.807) is 24.3 Å². The molecule has 18 heavy (non-hydrogen) atoms. The van der Waals surface area contributed by atoms with E-state index in [0.717, 1.165) is 9.75 Å². The third-order valence-electron chi connectivity index (χ3n) is 2.21. The summed E-state index contributed by atoms with van der Waals surface area (Å²) in [5, 5.41) is 2.02. The second kappa shape index (κ2) is 5.84. The molecule has 0 aliphatic rings. The van der Waals surface area contributed by atoms with Crippen molar-refractivity contribution in [2.24, 2.45) is 0 Å². The lowest BCUT2D eigenvalue weighted by atomic mass is 10.3. The Kier molecular flexibility index (Phi) is 4.17. The van der Waals surface area contributed by atoms with Crippen molar-refractivity contribution in [3.8, 4) is 0 Å². The largest absolute Gasteiger partial charge is 0.462 e. The first kappa shape index (κ1) is 12.9. The molecular formula is C13H13NO2S2. The standard InChI is InChI=1S/C13H13NO2S2/c1-2-16-13(15)12-8-10(14)11(18-12)6-5-9-4-3-7-17-9/h3-8H,2,14H2,1H3/b6-5-. The third-order valence-corrected chi connectivity index (χ3v) is 4.14. The lowest BCUT2D eigenvalue weighted by Crippen LogP contribution is -2.01. The van der Waals surface area contributed by atoms with E-state index in [2.05, 4.69) is 0 Å². The van der Waals surface area contributed by atoms with E-state index in [1.165, 1.54) is 11.3 Å². The van der Waals surface area contributed by atoms with Crippen LogP contribution in [-0.4, -0.2) is 12.6 Å². The Balaban J connectivity index is 2.17. The minimum Gasteiger partial charge on any atom is -0.462 e. The number of carbonyl (C=O) groups is 1. The molecule has 0 amide bonds. The molecule has 0 aromatic carbocycles. The highest BCUT2D eigenvalue weighted by Crippen LogP contribution is 2.27. The lowest BCUT2D eigenvalue weighted by Gasteiger charge is -1.95. The van der Waals surface area contributed by atoms with Gasteiger partial charge in [0.25, 0.3) is 0 Å². The second-order valence-corrected chi connectivity index (χ2v) is 5.56. The van der Waals surface area contributed by atoms with Gasteiger partial charge in [-0.2, -0.15) is 0 Å². The number of rotatable bonds is 4. The van der Waals surface area contributed by atoms with Crippen molar-refractivity contribution in [3.05, 3.63) is 38.2 Å². The maximum absolute atomic E-state index is 11.6. The maximum atomic E-state index is 11.6. The molecule has 2 heterocycles. The van der Waals surface area contributed by atoms with Crippen LogP contribution >= 0.6 is 22.7 Å². The summed E-state index contributed by atoms with van der Waals surface area (Å²) in [5.41, 5.74) is 6.48. The van der Waals surface area contributed by atoms with Gasteiger partial charge in [-0.3, -0.25) is 0 Å². The van der Waals surface area contributed by atoms with E-state index in [1.807, 2.05) is 29.7 Å². The van der Waals surface area contributed by atoms with Crippen molar-refractivity contribution in [2.75, 3.05) is 12.3 Å². The van der Waals surface area contributed by atoms with Gasteiger partial charge in [-0.05, 0) is 36.6 Å². The Hall–Kier alpha value is -1.59. The predicted molar refractivity (Wildman–Crippen MR) is 77.9 cm³/mol. The fourth-order valence-corrected chi connectivity index (χ4v) is 2.89. The molecule has 2 rings (SSSR count). The second-order valence-electron chi connectivity index (χ2n) is 3.50. The molecule has 0 spiro atoms. The van der Waals surface area contributed by atoms with Gasteiger partial charge in [0.2, 0.25) is 0 Å². The lowest BCUT2D eigenvalue weighted by molar-refractivity contribution is 0.0532. The molecule has 3 nitrogen and oxygen atoms in total. The zero-order valence-corrected chi connectivity index (χ0v) is 11.5. The highest BCUT2D eigenvalue weighted by molar-refractivity contribution is 7.15. The number of anilines is 1. The first-order valence-electron chi connectivity index (χ1n) is 5.48. The molecule has 5 heteroatoms. The van der Waals surface area contributed by atoms with Crippen LogP contribution in [0.4, 0.5) is 5.69 Å². The average molecular weight is 279 g/mol. The van der Waals surface area contributed by atoms with Crippen LogP contribution in [0, 0.1) is 0 Å². The van der Waals surface area contributed by atoms with E-state index >= 15 is 0 Å². The number of ether oxygens (including phenoxy) is 1. The Morgan fingerprint density at radius 1 is 1.50 bits per heavy atom. The monoisotopic (exact) mass is 279 g/mol. The minimum atomic E-state index is -0.315. The normalized spacial score (nSPS) is 10.9. The summed E-state index contributed by atoms with van der Waals surface area (Å²) >= 11 is 3.00. The van der Waals surface area contributed by atoms with E-state index < -0.39 is 0 Å². The van der Waals surface area contributed by atoms with Gasteiger partial charge in [0, 0.05) is 4.88 Å². The molecule has 0 fully saturated rings. The van der Waals surface area contributed by atoms with Crippen molar-refractivity contribution in [1.29, 1.82) is 0 Å². The van der Waals surface area contributed by atoms with Crippen molar-refractivity contribution >= 4 is 46.5 Å². The molecule has 0 radical (unpaired) electrons. The molecule has 2 N–H and O–H groups in total. The zero-order valence-electron chi connectivity index (χ0n) is 9.88. The fourth-order valence-electron chi connectivity index (χ4n) is 1.40. The first-order chi connectivity index (χ1) is 8.70. The van der Waals surface area contributed by atoms with Crippen LogP contribution in [0.5, 0.6) is 0 Å². The Morgan fingerprint density at radius 3 is 3.00 bits per heavy atom. The van der Waals surface area contributed by atoms with Crippen molar-refractivity contribution in [2.45, 2.75) is 6.92 Å². The minimum absolute atomic E-state index is 0.315. The molecule has 0 saturated heterocycles. The highest BCUT2D eigenvalue weighted by atomic mass is 32.1. The van der Waals surface area contributed by atoms with E-state index in [4.69, 9.17) is 10.5 Å². The number of carbonyl (C=O) groups excluding carboxylic acids is 1. The molecule has 0 unspecified atom stereocenters. The maximum Gasteiger partial charge on any atom is 0.348 e. The summed E-state index contributed by atoms with van der Waals surface area (Å²) < 4.78 is 4.94. The van der Waals surface area contributed by atoms with Gasteiger partial charge in [0.15, 0.2) is 0 Å². The average Bonchev–Trinajstić information content (AvgIpc) is 2.96. The first-order valence-corrected chi connectivity index (χ1v) is 7.18. The van der Waals surface area contributed by atoms with Gasteiger partial charge in [-0.1, -0.05) is 6.07 Å². The van der Waals surface area contributed by atoms with Gasteiger partial charge in [-0.25, -0.2) is 4.79 Å². The van der Waals surface area contributed by atoms with Crippen molar-refractivity contribution < 1.29 is 9.53 Å². The Labute approximate surface area is 114 Å². The van der Waals surface area contributed by atoms with Crippen LogP contribution in [0.2, 0.25) is 0 Å². The van der Waals surface area contributed by atoms with Gasteiger partial charge in [0.1, 0.15) is 4.88 Å².